The fourth-order valence-corrected chi connectivity index (χ4v) is 4.16. The van der Waals surface area contributed by atoms with Crippen LogP contribution in [0.5, 0.6) is 0 Å². The molecule has 2 heterocycles. The molecular weight excluding hydrogens is 479 g/mol. The first-order chi connectivity index (χ1) is 17.0. The van der Waals surface area contributed by atoms with Crippen molar-refractivity contribution in [3.05, 3.63) is 42.0 Å². The van der Waals surface area contributed by atoms with Gasteiger partial charge < -0.3 is 18.9 Å². The fourth-order valence-electron chi connectivity index (χ4n) is 3.21. The molecule has 0 saturated carbocycles. The van der Waals surface area contributed by atoms with E-state index in [0.717, 1.165) is 12.1 Å². The number of ether oxygens (including phenoxy) is 1. The van der Waals surface area contributed by atoms with E-state index in [-0.39, 0.29) is 36.6 Å². The van der Waals surface area contributed by atoms with Crippen molar-refractivity contribution in [1.29, 1.82) is 0 Å². The number of oxime groups is 1. The van der Waals surface area contributed by atoms with E-state index in [1.807, 2.05) is 17.9 Å². The van der Waals surface area contributed by atoms with Crippen molar-refractivity contribution in [1.82, 2.24) is 9.97 Å². The maximum Gasteiger partial charge on any atom is 0.305 e. The second kappa shape index (κ2) is 11.9. The largest absolute Gasteiger partial charge is 0.462 e. The van der Waals surface area contributed by atoms with Crippen LogP contribution < -0.4 is 4.90 Å². The van der Waals surface area contributed by atoms with Crippen LogP contribution in [-0.2, 0) is 25.4 Å². The zero-order chi connectivity index (χ0) is 26.3. The molecule has 0 radical (unpaired) electrons. The molecule has 196 valence electrons. The first-order valence-electron chi connectivity index (χ1n) is 12.3. The molecule has 0 unspecified atom stereocenters. The Morgan fingerprint density at radius 3 is 2.50 bits per heavy atom. The SMILES string of the molecule is CCCC(=O)OCCON=C1CN(c2ncc(-c3cccc(CO[Si](C)(C)C(C)(C)C)c3F)cn2)C1. The second-order valence-corrected chi connectivity index (χ2v) is 15.2. The number of rotatable bonds is 11. The van der Waals surface area contributed by atoms with Gasteiger partial charge in [0.1, 0.15) is 12.4 Å². The van der Waals surface area contributed by atoms with E-state index in [9.17, 15) is 4.79 Å². The van der Waals surface area contributed by atoms with Crippen molar-refractivity contribution in [2.45, 2.75) is 65.3 Å². The number of aromatic nitrogens is 2. The third-order valence-electron chi connectivity index (χ3n) is 6.54. The Bertz CT molecular complexity index is 1060. The standard InChI is InChI=1S/C26H37FN4O4Si/c1-7-9-23(32)33-12-13-34-30-21-16-31(17-21)25-28-14-20(15-29-25)22-11-8-10-19(24(22)27)18-35-36(5,6)26(2,3)4/h8,10-11,14-15H,7,9,12-13,16-18H2,1-6H3. The molecule has 1 saturated heterocycles. The van der Waals surface area contributed by atoms with Crippen molar-refractivity contribution in [2.24, 2.45) is 5.16 Å². The molecule has 1 aromatic heterocycles. The molecule has 0 aliphatic carbocycles. The summed E-state index contributed by atoms with van der Waals surface area (Å²) < 4.78 is 26.5. The van der Waals surface area contributed by atoms with Crippen LogP contribution in [-0.4, -0.2) is 56.3 Å². The van der Waals surface area contributed by atoms with Gasteiger partial charge in [-0.2, -0.15) is 0 Å². The Labute approximate surface area is 214 Å². The predicted octanol–water partition coefficient (Wildman–Crippen LogP) is 5.34. The van der Waals surface area contributed by atoms with E-state index in [2.05, 4.69) is 49.0 Å². The maximum absolute atomic E-state index is 15.3. The molecule has 0 amide bonds. The number of halogens is 1. The molecule has 0 bridgehead atoms. The number of esters is 1. The van der Waals surface area contributed by atoms with Gasteiger partial charge in [0.05, 0.1) is 25.4 Å². The lowest BCUT2D eigenvalue weighted by molar-refractivity contribution is -0.145. The lowest BCUT2D eigenvalue weighted by Gasteiger charge is -2.36. The molecule has 10 heteroatoms. The maximum atomic E-state index is 15.3. The van der Waals surface area contributed by atoms with E-state index < -0.39 is 8.32 Å². The van der Waals surface area contributed by atoms with Gasteiger partial charge in [-0.25, -0.2) is 14.4 Å². The van der Waals surface area contributed by atoms with Crippen LogP contribution in [0.2, 0.25) is 18.1 Å². The van der Waals surface area contributed by atoms with E-state index in [1.165, 1.54) is 0 Å². The Kier molecular flexibility index (Phi) is 9.18. The van der Waals surface area contributed by atoms with Crippen molar-refractivity contribution in [3.8, 4) is 11.1 Å². The molecule has 36 heavy (non-hydrogen) atoms. The van der Waals surface area contributed by atoms with Crippen molar-refractivity contribution >= 4 is 25.9 Å². The van der Waals surface area contributed by atoms with Crippen LogP contribution in [0.4, 0.5) is 10.3 Å². The van der Waals surface area contributed by atoms with Gasteiger partial charge in [0.15, 0.2) is 14.9 Å². The minimum Gasteiger partial charge on any atom is -0.462 e. The van der Waals surface area contributed by atoms with Crippen molar-refractivity contribution in [3.63, 3.8) is 0 Å². The van der Waals surface area contributed by atoms with Crippen LogP contribution in [0.3, 0.4) is 0 Å². The minimum absolute atomic E-state index is 0.0570. The highest BCUT2D eigenvalue weighted by Gasteiger charge is 2.37. The van der Waals surface area contributed by atoms with Gasteiger partial charge >= 0.3 is 5.97 Å². The molecule has 0 atom stereocenters. The van der Waals surface area contributed by atoms with Crippen LogP contribution in [0, 0.1) is 5.82 Å². The molecule has 3 rings (SSSR count). The summed E-state index contributed by atoms with van der Waals surface area (Å²) in [4.78, 5) is 27.3. The van der Waals surface area contributed by atoms with Crippen LogP contribution >= 0.6 is 0 Å². The summed E-state index contributed by atoms with van der Waals surface area (Å²) in [6.45, 7) is 14.5. The zero-order valence-corrected chi connectivity index (χ0v) is 23.1. The Morgan fingerprint density at radius 1 is 1.17 bits per heavy atom. The van der Waals surface area contributed by atoms with Gasteiger partial charge in [0, 0.05) is 35.5 Å². The zero-order valence-electron chi connectivity index (χ0n) is 22.1. The van der Waals surface area contributed by atoms with Crippen molar-refractivity contribution in [2.75, 3.05) is 31.2 Å². The summed E-state index contributed by atoms with van der Waals surface area (Å²) in [5, 5.41) is 4.11. The highest BCUT2D eigenvalue weighted by molar-refractivity contribution is 6.74. The molecular formula is C26H37FN4O4Si. The summed E-state index contributed by atoms with van der Waals surface area (Å²) in [6, 6.07) is 5.33. The van der Waals surface area contributed by atoms with Crippen molar-refractivity contribution < 1.29 is 23.2 Å². The molecule has 1 fully saturated rings. The quantitative estimate of drug-likeness (QED) is 0.172. The third kappa shape index (κ3) is 7.10. The predicted molar refractivity (Wildman–Crippen MR) is 141 cm³/mol. The number of hydrogen-bond donors (Lipinski definition) is 0. The van der Waals surface area contributed by atoms with E-state index in [1.54, 1.807) is 24.5 Å². The summed E-state index contributed by atoms with van der Waals surface area (Å²) in [5.41, 5.74) is 2.45. The average molecular weight is 517 g/mol. The number of carbonyl (C=O) groups is 1. The second-order valence-electron chi connectivity index (χ2n) is 10.4. The van der Waals surface area contributed by atoms with Crippen LogP contribution in [0.15, 0.2) is 35.7 Å². The average Bonchev–Trinajstić information content (AvgIpc) is 2.79. The Balaban J connectivity index is 1.53. The molecule has 1 aliphatic rings. The highest BCUT2D eigenvalue weighted by Crippen LogP contribution is 2.37. The van der Waals surface area contributed by atoms with Gasteiger partial charge in [-0.3, -0.25) is 4.79 Å². The number of carbonyl (C=O) groups excluding carboxylic acids is 1. The van der Waals surface area contributed by atoms with Crippen LogP contribution in [0.1, 0.15) is 46.1 Å². The van der Waals surface area contributed by atoms with Gasteiger partial charge in [-0.15, -0.1) is 0 Å². The lowest BCUT2D eigenvalue weighted by atomic mass is 10.1. The first kappa shape index (κ1) is 27.7. The first-order valence-corrected chi connectivity index (χ1v) is 15.2. The molecule has 0 N–H and O–H groups in total. The number of anilines is 1. The van der Waals surface area contributed by atoms with Gasteiger partial charge in [0.2, 0.25) is 5.95 Å². The summed E-state index contributed by atoms with van der Waals surface area (Å²) in [5.74, 6) is 0.0164. The van der Waals surface area contributed by atoms with Gasteiger partial charge in [0.25, 0.3) is 0 Å². The topological polar surface area (TPSA) is 86.1 Å². The molecule has 8 nitrogen and oxygen atoms in total. The van der Waals surface area contributed by atoms with Gasteiger partial charge in [-0.1, -0.05) is 51.0 Å². The summed E-state index contributed by atoms with van der Waals surface area (Å²) >= 11 is 0. The number of hydrogen-bond acceptors (Lipinski definition) is 8. The normalized spacial score (nSPS) is 13.9. The van der Waals surface area contributed by atoms with Gasteiger partial charge in [-0.05, 0) is 24.6 Å². The summed E-state index contributed by atoms with van der Waals surface area (Å²) in [7, 11) is -1.99. The smallest absolute Gasteiger partial charge is 0.305 e. The number of nitrogens with zero attached hydrogens (tertiary/aromatic N) is 4. The van der Waals surface area contributed by atoms with E-state index in [0.29, 0.717) is 42.1 Å². The van der Waals surface area contributed by atoms with E-state index in [4.69, 9.17) is 14.0 Å². The molecule has 1 aliphatic heterocycles. The third-order valence-corrected chi connectivity index (χ3v) is 11.0. The summed E-state index contributed by atoms with van der Waals surface area (Å²) in [6.07, 6.45) is 4.44. The molecule has 2 aromatic rings. The minimum atomic E-state index is -1.99. The highest BCUT2D eigenvalue weighted by atomic mass is 28.4. The Hall–Kier alpha value is -2.85. The van der Waals surface area contributed by atoms with Crippen LogP contribution in [0.25, 0.3) is 11.1 Å². The molecule has 0 spiro atoms. The fraction of sp³-hybridized carbons (Fsp3) is 0.538. The van der Waals surface area contributed by atoms with E-state index >= 15 is 4.39 Å². The Morgan fingerprint density at radius 2 is 1.86 bits per heavy atom. The number of benzene rings is 1. The lowest BCUT2D eigenvalue weighted by Crippen LogP contribution is -2.48. The monoisotopic (exact) mass is 516 g/mol. The molecule has 1 aromatic carbocycles.